The highest BCUT2D eigenvalue weighted by molar-refractivity contribution is 7.09. The number of hydrogen-bond acceptors (Lipinski definition) is 4. The molecule has 0 radical (unpaired) electrons. The van der Waals surface area contributed by atoms with Gasteiger partial charge in [-0.25, -0.2) is 4.98 Å². The van der Waals surface area contributed by atoms with E-state index in [1.807, 2.05) is 5.51 Å². The third kappa shape index (κ3) is 3.62. The number of nitrogens with zero attached hydrogens (tertiary/aromatic N) is 1. The van der Waals surface area contributed by atoms with Crippen LogP contribution < -0.4 is 5.32 Å². The molecule has 3 nitrogen and oxygen atoms in total. The van der Waals surface area contributed by atoms with Crippen LogP contribution in [0.4, 0.5) is 0 Å². The fraction of sp³-hybridized carbons (Fsp3) is 0.400. The first kappa shape index (κ1) is 14.2. The van der Waals surface area contributed by atoms with Crippen LogP contribution in [0, 0.1) is 6.92 Å². The molecule has 0 spiro atoms. The van der Waals surface area contributed by atoms with Crippen LogP contribution in [0.25, 0.3) is 0 Å². The fourth-order valence-corrected chi connectivity index (χ4v) is 2.94. The Balaban J connectivity index is 2.01. The molecule has 0 aliphatic carbocycles. The summed E-state index contributed by atoms with van der Waals surface area (Å²) >= 11 is 1.71. The average molecular weight is 276 g/mol. The van der Waals surface area contributed by atoms with Crippen molar-refractivity contribution in [2.75, 3.05) is 7.11 Å². The predicted molar refractivity (Wildman–Crippen MR) is 79.3 cm³/mol. The first-order valence-corrected chi connectivity index (χ1v) is 7.29. The number of thiazole rings is 1. The summed E-state index contributed by atoms with van der Waals surface area (Å²) in [6, 6.07) is 8.70. The highest BCUT2D eigenvalue weighted by Crippen LogP contribution is 2.21. The number of ether oxygens (including phenoxy) is 1. The molecular formula is C15H20N2OS. The van der Waals surface area contributed by atoms with Gasteiger partial charge in [0.25, 0.3) is 0 Å². The monoisotopic (exact) mass is 276 g/mol. The molecule has 1 unspecified atom stereocenters. The Morgan fingerprint density at radius 2 is 2.05 bits per heavy atom. The largest absolute Gasteiger partial charge is 0.380 e. The number of methoxy groups -OCH3 is 1. The van der Waals surface area contributed by atoms with Crippen molar-refractivity contribution in [2.24, 2.45) is 0 Å². The van der Waals surface area contributed by atoms with Gasteiger partial charge in [-0.05, 0) is 25.0 Å². The van der Waals surface area contributed by atoms with E-state index >= 15 is 0 Å². The summed E-state index contributed by atoms with van der Waals surface area (Å²) in [5, 5.41) is 3.56. The standard InChI is InChI=1S/C15H20N2OS/c1-11(15-12(2)17-10-19-15)16-8-13-6-4-5-7-14(13)9-18-3/h4-7,10-11,16H,8-9H2,1-3H3. The van der Waals surface area contributed by atoms with E-state index in [9.17, 15) is 0 Å². The summed E-state index contributed by atoms with van der Waals surface area (Å²) in [7, 11) is 1.73. The van der Waals surface area contributed by atoms with Gasteiger partial charge in [0.05, 0.1) is 17.8 Å². The van der Waals surface area contributed by atoms with Gasteiger partial charge in [0.2, 0.25) is 0 Å². The molecule has 2 aromatic rings. The first-order valence-electron chi connectivity index (χ1n) is 6.41. The number of nitrogens with one attached hydrogen (secondary N) is 1. The zero-order chi connectivity index (χ0) is 13.7. The second-order valence-corrected chi connectivity index (χ2v) is 5.49. The minimum Gasteiger partial charge on any atom is -0.380 e. The van der Waals surface area contributed by atoms with Crippen molar-refractivity contribution < 1.29 is 4.74 Å². The fourth-order valence-electron chi connectivity index (χ4n) is 2.11. The quantitative estimate of drug-likeness (QED) is 0.877. The van der Waals surface area contributed by atoms with Crippen molar-refractivity contribution in [2.45, 2.75) is 33.0 Å². The average Bonchev–Trinajstić information content (AvgIpc) is 2.84. The number of benzene rings is 1. The summed E-state index contributed by atoms with van der Waals surface area (Å²) in [5.41, 5.74) is 5.56. The zero-order valence-corrected chi connectivity index (χ0v) is 12.5. The van der Waals surface area contributed by atoms with Crippen molar-refractivity contribution >= 4 is 11.3 Å². The zero-order valence-electron chi connectivity index (χ0n) is 11.6. The molecule has 0 aliphatic rings. The summed E-state index contributed by atoms with van der Waals surface area (Å²) in [6.07, 6.45) is 0. The molecular weight excluding hydrogens is 256 g/mol. The number of aryl methyl sites for hydroxylation is 1. The van der Waals surface area contributed by atoms with Gasteiger partial charge in [0, 0.05) is 24.6 Å². The Bertz CT molecular complexity index is 524. The van der Waals surface area contributed by atoms with Gasteiger partial charge in [0.1, 0.15) is 0 Å². The van der Waals surface area contributed by atoms with Gasteiger partial charge in [-0.15, -0.1) is 11.3 Å². The van der Waals surface area contributed by atoms with Gasteiger partial charge >= 0.3 is 0 Å². The van der Waals surface area contributed by atoms with Crippen molar-refractivity contribution in [1.29, 1.82) is 0 Å². The molecule has 0 fully saturated rings. The topological polar surface area (TPSA) is 34.1 Å². The summed E-state index contributed by atoms with van der Waals surface area (Å²) < 4.78 is 5.23. The minimum absolute atomic E-state index is 0.322. The predicted octanol–water partition coefficient (Wildman–Crippen LogP) is 3.45. The van der Waals surface area contributed by atoms with Crippen LogP contribution in [0.2, 0.25) is 0 Å². The second kappa shape index (κ2) is 6.80. The third-order valence-electron chi connectivity index (χ3n) is 3.19. The Morgan fingerprint density at radius 1 is 1.32 bits per heavy atom. The Morgan fingerprint density at radius 3 is 2.68 bits per heavy atom. The molecule has 0 saturated heterocycles. The Labute approximate surface area is 118 Å². The lowest BCUT2D eigenvalue weighted by atomic mass is 10.1. The van der Waals surface area contributed by atoms with E-state index in [0.717, 1.165) is 12.2 Å². The van der Waals surface area contributed by atoms with Crippen LogP contribution in [0.5, 0.6) is 0 Å². The number of rotatable bonds is 6. The molecule has 4 heteroatoms. The maximum atomic E-state index is 5.23. The van der Waals surface area contributed by atoms with Crippen LogP contribution in [0.3, 0.4) is 0 Å². The van der Waals surface area contributed by atoms with E-state index in [1.54, 1.807) is 18.4 Å². The van der Waals surface area contributed by atoms with Gasteiger partial charge < -0.3 is 10.1 Å². The highest BCUT2D eigenvalue weighted by atomic mass is 32.1. The molecule has 1 aromatic heterocycles. The molecule has 1 heterocycles. The summed E-state index contributed by atoms with van der Waals surface area (Å²) in [6.45, 7) is 5.74. The van der Waals surface area contributed by atoms with Gasteiger partial charge in [-0.3, -0.25) is 0 Å². The molecule has 1 atom stereocenters. The third-order valence-corrected chi connectivity index (χ3v) is 4.31. The lowest BCUT2D eigenvalue weighted by Crippen LogP contribution is -2.18. The highest BCUT2D eigenvalue weighted by Gasteiger charge is 2.11. The van der Waals surface area contributed by atoms with E-state index in [-0.39, 0.29) is 0 Å². The Kier molecular flexibility index (Phi) is 5.07. The van der Waals surface area contributed by atoms with Crippen LogP contribution >= 0.6 is 11.3 Å². The molecule has 1 N–H and O–H groups in total. The summed E-state index contributed by atoms with van der Waals surface area (Å²) in [5.74, 6) is 0. The van der Waals surface area contributed by atoms with E-state index in [4.69, 9.17) is 4.74 Å². The van der Waals surface area contributed by atoms with Crippen LogP contribution in [-0.2, 0) is 17.9 Å². The molecule has 0 aliphatic heterocycles. The van der Waals surface area contributed by atoms with Crippen LogP contribution in [-0.4, -0.2) is 12.1 Å². The van der Waals surface area contributed by atoms with Crippen molar-refractivity contribution in [3.05, 3.63) is 51.5 Å². The molecule has 2 rings (SSSR count). The van der Waals surface area contributed by atoms with Crippen molar-refractivity contribution in [1.82, 2.24) is 10.3 Å². The lowest BCUT2D eigenvalue weighted by molar-refractivity contribution is 0.184. The minimum atomic E-state index is 0.322. The van der Waals surface area contributed by atoms with Crippen LogP contribution in [0.15, 0.2) is 29.8 Å². The molecule has 1 aromatic carbocycles. The maximum Gasteiger partial charge on any atom is 0.0798 e. The molecule has 0 saturated carbocycles. The molecule has 102 valence electrons. The molecule has 19 heavy (non-hydrogen) atoms. The van der Waals surface area contributed by atoms with Crippen LogP contribution in [0.1, 0.15) is 34.7 Å². The van der Waals surface area contributed by atoms with Gasteiger partial charge in [0.15, 0.2) is 0 Å². The smallest absolute Gasteiger partial charge is 0.0798 e. The van der Waals surface area contributed by atoms with Crippen molar-refractivity contribution in [3.8, 4) is 0 Å². The van der Waals surface area contributed by atoms with E-state index in [0.29, 0.717) is 12.6 Å². The van der Waals surface area contributed by atoms with Gasteiger partial charge in [-0.2, -0.15) is 0 Å². The van der Waals surface area contributed by atoms with Gasteiger partial charge in [-0.1, -0.05) is 24.3 Å². The van der Waals surface area contributed by atoms with E-state index < -0.39 is 0 Å². The maximum absolute atomic E-state index is 5.23. The Hall–Kier alpha value is -1.23. The number of hydrogen-bond donors (Lipinski definition) is 1. The number of aromatic nitrogens is 1. The summed E-state index contributed by atoms with van der Waals surface area (Å²) in [4.78, 5) is 5.61. The first-order chi connectivity index (χ1) is 9.22. The molecule has 0 bridgehead atoms. The normalized spacial score (nSPS) is 12.6. The lowest BCUT2D eigenvalue weighted by Gasteiger charge is -2.15. The SMILES string of the molecule is COCc1ccccc1CNC(C)c1scnc1C. The van der Waals surface area contributed by atoms with E-state index in [2.05, 4.69) is 48.4 Å². The molecule has 0 amide bonds. The second-order valence-electron chi connectivity index (χ2n) is 4.61. The van der Waals surface area contributed by atoms with E-state index in [1.165, 1.54) is 16.0 Å². The van der Waals surface area contributed by atoms with Crippen molar-refractivity contribution in [3.63, 3.8) is 0 Å².